The standard InChI is InChI=1S/C21H22N2O3/c1-14-10-11-16(13-18(14)23-15(2)7-5-9-19(23)24)22-12-6-8-17(20(22)25)21(3,4)26/h5-13,26H,1-4H3. The van der Waals surface area contributed by atoms with Crippen LogP contribution in [0.4, 0.5) is 0 Å². The molecule has 1 N–H and O–H groups in total. The predicted molar refractivity (Wildman–Crippen MR) is 102 cm³/mol. The zero-order chi connectivity index (χ0) is 19.1. The van der Waals surface area contributed by atoms with Gasteiger partial charge in [0.25, 0.3) is 11.1 Å². The number of hydrogen-bond acceptors (Lipinski definition) is 3. The van der Waals surface area contributed by atoms with Crippen molar-refractivity contribution in [2.45, 2.75) is 33.3 Å². The van der Waals surface area contributed by atoms with Crippen molar-refractivity contribution in [2.75, 3.05) is 0 Å². The van der Waals surface area contributed by atoms with Gasteiger partial charge in [-0.1, -0.05) is 12.1 Å². The summed E-state index contributed by atoms with van der Waals surface area (Å²) in [5.41, 5.74) is 1.78. The van der Waals surface area contributed by atoms with E-state index < -0.39 is 5.60 Å². The van der Waals surface area contributed by atoms with Crippen LogP contribution in [0.15, 0.2) is 64.3 Å². The quantitative estimate of drug-likeness (QED) is 0.790. The molecule has 0 atom stereocenters. The lowest BCUT2D eigenvalue weighted by molar-refractivity contribution is 0.0768. The number of aromatic nitrogens is 2. The highest BCUT2D eigenvalue weighted by Gasteiger charge is 2.21. The van der Waals surface area contributed by atoms with Crippen LogP contribution in [0.3, 0.4) is 0 Å². The van der Waals surface area contributed by atoms with Crippen molar-refractivity contribution in [1.29, 1.82) is 0 Å². The summed E-state index contributed by atoms with van der Waals surface area (Å²) in [5.74, 6) is 0. The number of rotatable bonds is 3. The maximum atomic E-state index is 12.8. The minimum Gasteiger partial charge on any atom is -0.386 e. The Balaban J connectivity index is 2.25. The molecule has 0 saturated carbocycles. The summed E-state index contributed by atoms with van der Waals surface area (Å²) in [7, 11) is 0. The van der Waals surface area contributed by atoms with Crippen molar-refractivity contribution in [3.63, 3.8) is 0 Å². The van der Waals surface area contributed by atoms with Gasteiger partial charge in [0.2, 0.25) is 0 Å². The molecule has 3 aromatic rings. The van der Waals surface area contributed by atoms with E-state index in [1.807, 2.05) is 38.1 Å². The van der Waals surface area contributed by atoms with E-state index in [-0.39, 0.29) is 11.1 Å². The molecule has 5 nitrogen and oxygen atoms in total. The normalized spacial score (nSPS) is 11.6. The molecule has 0 unspecified atom stereocenters. The molecule has 3 rings (SSSR count). The molecule has 5 heteroatoms. The lowest BCUT2D eigenvalue weighted by Crippen LogP contribution is -2.30. The zero-order valence-electron chi connectivity index (χ0n) is 15.4. The predicted octanol–water partition coefficient (Wildman–Crippen LogP) is 2.83. The first-order chi connectivity index (χ1) is 12.2. The smallest absolute Gasteiger partial charge is 0.261 e. The second kappa shape index (κ2) is 6.42. The minimum absolute atomic E-state index is 0.122. The SMILES string of the molecule is Cc1ccc(-n2cccc(C(C)(C)O)c2=O)cc1-n1c(C)cccc1=O. The highest BCUT2D eigenvalue weighted by Crippen LogP contribution is 2.20. The molecule has 0 fully saturated rings. The summed E-state index contributed by atoms with van der Waals surface area (Å²) in [6, 6.07) is 14.0. The largest absolute Gasteiger partial charge is 0.386 e. The van der Waals surface area contributed by atoms with E-state index in [9.17, 15) is 14.7 Å². The van der Waals surface area contributed by atoms with Crippen LogP contribution in [-0.4, -0.2) is 14.2 Å². The lowest BCUT2D eigenvalue weighted by Gasteiger charge is -2.19. The molecule has 0 spiro atoms. The number of aliphatic hydroxyl groups is 1. The van der Waals surface area contributed by atoms with Crippen molar-refractivity contribution in [3.05, 3.63) is 92.3 Å². The first-order valence-corrected chi connectivity index (χ1v) is 8.45. The van der Waals surface area contributed by atoms with Crippen LogP contribution in [0.5, 0.6) is 0 Å². The van der Waals surface area contributed by atoms with Gasteiger partial charge in [-0.25, -0.2) is 0 Å². The highest BCUT2D eigenvalue weighted by atomic mass is 16.3. The third kappa shape index (κ3) is 3.13. The molecule has 26 heavy (non-hydrogen) atoms. The molecule has 0 amide bonds. The van der Waals surface area contributed by atoms with E-state index in [1.54, 1.807) is 42.8 Å². The molecule has 2 heterocycles. The second-order valence-corrected chi connectivity index (χ2v) is 6.97. The molecular formula is C21H22N2O3. The molecule has 0 bridgehead atoms. The van der Waals surface area contributed by atoms with E-state index >= 15 is 0 Å². The van der Waals surface area contributed by atoms with E-state index in [2.05, 4.69) is 0 Å². The summed E-state index contributed by atoms with van der Waals surface area (Å²) in [6.45, 7) is 6.96. The molecule has 0 aliphatic carbocycles. The average molecular weight is 350 g/mol. The Morgan fingerprint density at radius 3 is 2.35 bits per heavy atom. The van der Waals surface area contributed by atoms with Crippen LogP contribution >= 0.6 is 0 Å². The summed E-state index contributed by atoms with van der Waals surface area (Å²) in [6.07, 6.45) is 1.66. The molecule has 0 radical (unpaired) electrons. The van der Waals surface area contributed by atoms with E-state index in [0.29, 0.717) is 11.3 Å². The Morgan fingerprint density at radius 1 is 0.962 bits per heavy atom. The summed E-state index contributed by atoms with van der Waals surface area (Å²) in [4.78, 5) is 25.2. The fourth-order valence-corrected chi connectivity index (χ4v) is 3.05. The molecule has 1 aromatic carbocycles. The number of pyridine rings is 2. The van der Waals surface area contributed by atoms with E-state index in [1.165, 1.54) is 10.6 Å². The minimum atomic E-state index is -1.24. The first kappa shape index (κ1) is 17.9. The van der Waals surface area contributed by atoms with Crippen LogP contribution in [0.1, 0.15) is 30.7 Å². The number of hydrogen-bond donors (Lipinski definition) is 1. The third-order valence-electron chi connectivity index (χ3n) is 4.47. The van der Waals surface area contributed by atoms with Gasteiger partial charge in [0.15, 0.2) is 0 Å². The Hall–Kier alpha value is -2.92. The fraction of sp³-hybridized carbons (Fsp3) is 0.238. The van der Waals surface area contributed by atoms with Crippen LogP contribution in [0.2, 0.25) is 0 Å². The van der Waals surface area contributed by atoms with Gasteiger partial charge < -0.3 is 5.11 Å². The van der Waals surface area contributed by atoms with Crippen molar-refractivity contribution in [3.8, 4) is 11.4 Å². The van der Waals surface area contributed by atoms with Gasteiger partial charge in [0.05, 0.1) is 17.0 Å². The molecular weight excluding hydrogens is 328 g/mol. The van der Waals surface area contributed by atoms with Gasteiger partial charge >= 0.3 is 0 Å². The first-order valence-electron chi connectivity index (χ1n) is 8.45. The zero-order valence-corrected chi connectivity index (χ0v) is 15.4. The number of nitrogens with zero attached hydrogens (tertiary/aromatic N) is 2. The van der Waals surface area contributed by atoms with Crippen molar-refractivity contribution < 1.29 is 5.11 Å². The lowest BCUT2D eigenvalue weighted by atomic mass is 10.00. The third-order valence-corrected chi connectivity index (χ3v) is 4.47. The summed E-state index contributed by atoms with van der Waals surface area (Å²) in [5, 5.41) is 10.2. The maximum absolute atomic E-state index is 12.8. The van der Waals surface area contributed by atoms with Gasteiger partial charge in [-0.2, -0.15) is 0 Å². The molecule has 134 valence electrons. The van der Waals surface area contributed by atoms with Crippen molar-refractivity contribution in [1.82, 2.24) is 9.13 Å². The number of aryl methyl sites for hydroxylation is 2. The van der Waals surface area contributed by atoms with Gasteiger partial charge in [-0.3, -0.25) is 18.7 Å². The van der Waals surface area contributed by atoms with Crippen LogP contribution in [0.25, 0.3) is 11.4 Å². The average Bonchev–Trinajstić information content (AvgIpc) is 2.55. The van der Waals surface area contributed by atoms with Crippen LogP contribution in [0, 0.1) is 13.8 Å². The second-order valence-electron chi connectivity index (χ2n) is 6.97. The number of benzene rings is 1. The Labute approximate surface area is 151 Å². The molecule has 0 aliphatic heterocycles. The monoisotopic (exact) mass is 350 g/mol. The maximum Gasteiger partial charge on any atom is 0.261 e. The Bertz CT molecular complexity index is 1090. The topological polar surface area (TPSA) is 64.2 Å². The molecule has 0 saturated heterocycles. The fourth-order valence-electron chi connectivity index (χ4n) is 3.05. The van der Waals surface area contributed by atoms with Crippen molar-refractivity contribution in [2.24, 2.45) is 0 Å². The Morgan fingerprint density at radius 2 is 1.69 bits per heavy atom. The van der Waals surface area contributed by atoms with E-state index in [0.717, 1.165) is 16.9 Å². The van der Waals surface area contributed by atoms with Crippen LogP contribution < -0.4 is 11.1 Å². The van der Waals surface area contributed by atoms with Gasteiger partial charge in [-0.15, -0.1) is 0 Å². The molecule has 0 aliphatic rings. The summed E-state index contributed by atoms with van der Waals surface area (Å²) >= 11 is 0. The van der Waals surface area contributed by atoms with Gasteiger partial charge in [0, 0.05) is 23.5 Å². The molecule has 2 aromatic heterocycles. The Kier molecular flexibility index (Phi) is 4.42. The van der Waals surface area contributed by atoms with Crippen molar-refractivity contribution >= 4 is 0 Å². The summed E-state index contributed by atoms with van der Waals surface area (Å²) < 4.78 is 3.11. The highest BCUT2D eigenvalue weighted by molar-refractivity contribution is 5.50. The van der Waals surface area contributed by atoms with Gasteiger partial charge in [-0.05, 0) is 63.6 Å². The van der Waals surface area contributed by atoms with Crippen LogP contribution in [-0.2, 0) is 5.60 Å². The van der Waals surface area contributed by atoms with Gasteiger partial charge in [0.1, 0.15) is 0 Å². The van der Waals surface area contributed by atoms with E-state index in [4.69, 9.17) is 0 Å².